The summed E-state index contributed by atoms with van der Waals surface area (Å²) in [6, 6.07) is 6.00. The van der Waals surface area contributed by atoms with Crippen LogP contribution in [0.3, 0.4) is 0 Å². The first-order valence-electron chi connectivity index (χ1n) is 4.65. The molecule has 0 aliphatic heterocycles. The van der Waals surface area contributed by atoms with Crippen molar-refractivity contribution in [2.75, 3.05) is 0 Å². The van der Waals surface area contributed by atoms with Gasteiger partial charge in [0.2, 0.25) is 5.82 Å². The van der Waals surface area contributed by atoms with E-state index < -0.39 is 12.0 Å². The normalized spacial score (nSPS) is 11.8. The Labute approximate surface area is 99.8 Å². The number of alkyl halides is 3. The van der Waals surface area contributed by atoms with E-state index in [4.69, 9.17) is 11.6 Å². The van der Waals surface area contributed by atoms with E-state index in [1.54, 1.807) is 12.1 Å². The van der Waals surface area contributed by atoms with Gasteiger partial charge in [-0.15, -0.1) is 0 Å². The molecule has 0 saturated heterocycles. The molecule has 0 saturated carbocycles. The van der Waals surface area contributed by atoms with Gasteiger partial charge in [0.05, 0.1) is 5.69 Å². The lowest BCUT2D eigenvalue weighted by atomic mass is 10.3. The Morgan fingerprint density at radius 3 is 2.59 bits per heavy atom. The van der Waals surface area contributed by atoms with Gasteiger partial charge in [-0.2, -0.15) is 18.3 Å². The van der Waals surface area contributed by atoms with Gasteiger partial charge >= 0.3 is 6.18 Å². The van der Waals surface area contributed by atoms with Crippen LogP contribution < -0.4 is 0 Å². The minimum absolute atomic E-state index is 0.0531. The summed E-state index contributed by atoms with van der Waals surface area (Å²) in [6.07, 6.45) is -4.55. The monoisotopic (exact) mass is 261 g/mol. The van der Waals surface area contributed by atoms with Gasteiger partial charge in [-0.3, -0.25) is 0 Å². The second-order valence-electron chi connectivity index (χ2n) is 3.37. The molecule has 0 N–H and O–H groups in total. The number of aryl methyl sites for hydroxylation is 1. The Balaban J connectivity index is 2.60. The van der Waals surface area contributed by atoms with E-state index in [0.29, 0.717) is 5.02 Å². The number of hydrogen-bond acceptors (Lipinski definition) is 2. The van der Waals surface area contributed by atoms with Crippen LogP contribution in [-0.2, 0) is 6.18 Å². The maximum atomic E-state index is 12.7. The summed E-state index contributed by atoms with van der Waals surface area (Å²) >= 11 is 5.73. The fourth-order valence-corrected chi connectivity index (χ4v) is 1.57. The van der Waals surface area contributed by atoms with Crippen LogP contribution in [0.4, 0.5) is 13.2 Å². The van der Waals surface area contributed by atoms with Gasteiger partial charge in [0.15, 0.2) is 0 Å². The molecule has 0 unspecified atom stereocenters. The van der Waals surface area contributed by atoms with Crippen LogP contribution in [-0.4, -0.2) is 14.8 Å². The fourth-order valence-electron chi connectivity index (χ4n) is 1.39. The SMILES string of the molecule is Cc1nc(C(F)(F)F)n(-c2cccc(Cl)c2)n1. The number of hydrogen-bond donors (Lipinski definition) is 0. The van der Waals surface area contributed by atoms with Gasteiger partial charge < -0.3 is 0 Å². The van der Waals surface area contributed by atoms with Crippen molar-refractivity contribution in [3.8, 4) is 5.69 Å². The van der Waals surface area contributed by atoms with E-state index in [9.17, 15) is 13.2 Å². The predicted octanol–water partition coefficient (Wildman–Crippen LogP) is 3.25. The quantitative estimate of drug-likeness (QED) is 0.789. The summed E-state index contributed by atoms with van der Waals surface area (Å²) in [6.45, 7) is 1.40. The Bertz CT molecular complexity index is 548. The highest BCUT2D eigenvalue weighted by molar-refractivity contribution is 6.30. The second kappa shape index (κ2) is 4.03. The summed E-state index contributed by atoms with van der Waals surface area (Å²) in [5, 5.41) is 4.05. The highest BCUT2D eigenvalue weighted by Gasteiger charge is 2.38. The molecule has 0 radical (unpaired) electrons. The Morgan fingerprint density at radius 1 is 1.29 bits per heavy atom. The van der Waals surface area contributed by atoms with E-state index in [0.717, 1.165) is 4.68 Å². The summed E-state index contributed by atoms with van der Waals surface area (Å²) in [7, 11) is 0. The number of rotatable bonds is 1. The molecule has 2 aromatic rings. The molecule has 0 aliphatic carbocycles. The van der Waals surface area contributed by atoms with Crippen molar-refractivity contribution >= 4 is 11.6 Å². The van der Waals surface area contributed by atoms with Crippen LogP contribution in [0.1, 0.15) is 11.6 Å². The first-order chi connectivity index (χ1) is 7.88. The highest BCUT2D eigenvalue weighted by atomic mass is 35.5. The standard InChI is InChI=1S/C10H7ClF3N3/c1-6-15-9(10(12,13)14)17(16-6)8-4-2-3-7(11)5-8/h2-5H,1H3. The van der Waals surface area contributed by atoms with Gasteiger partial charge in [0.25, 0.3) is 0 Å². The van der Waals surface area contributed by atoms with Crippen molar-refractivity contribution in [3.63, 3.8) is 0 Å². The van der Waals surface area contributed by atoms with Crippen molar-refractivity contribution in [2.24, 2.45) is 0 Å². The Morgan fingerprint density at radius 2 is 2.00 bits per heavy atom. The average molecular weight is 262 g/mol. The second-order valence-corrected chi connectivity index (χ2v) is 3.81. The minimum Gasteiger partial charge on any atom is -0.209 e. The topological polar surface area (TPSA) is 30.7 Å². The van der Waals surface area contributed by atoms with E-state index in [1.165, 1.54) is 19.1 Å². The summed E-state index contributed by atoms with van der Waals surface area (Å²) in [4.78, 5) is 3.37. The number of halogens is 4. The molecule has 0 fully saturated rings. The van der Waals surface area contributed by atoms with Crippen molar-refractivity contribution < 1.29 is 13.2 Å². The number of nitrogens with zero attached hydrogens (tertiary/aromatic N) is 3. The lowest BCUT2D eigenvalue weighted by Gasteiger charge is -2.08. The average Bonchev–Trinajstić information content (AvgIpc) is 2.60. The third-order valence-corrected chi connectivity index (χ3v) is 2.25. The van der Waals surface area contributed by atoms with Gasteiger partial charge in [0.1, 0.15) is 5.82 Å². The van der Waals surface area contributed by atoms with Crippen LogP contribution in [0.15, 0.2) is 24.3 Å². The highest BCUT2D eigenvalue weighted by Crippen LogP contribution is 2.29. The van der Waals surface area contributed by atoms with Crippen LogP contribution in [0.5, 0.6) is 0 Å². The lowest BCUT2D eigenvalue weighted by molar-refractivity contribution is -0.146. The van der Waals surface area contributed by atoms with Gasteiger partial charge in [-0.1, -0.05) is 17.7 Å². The molecule has 0 atom stereocenters. The largest absolute Gasteiger partial charge is 0.451 e. The van der Waals surface area contributed by atoms with Gasteiger partial charge in [-0.05, 0) is 25.1 Å². The Kier molecular flexibility index (Phi) is 2.82. The molecule has 90 valence electrons. The molecule has 7 heteroatoms. The van der Waals surface area contributed by atoms with Gasteiger partial charge in [-0.25, -0.2) is 9.67 Å². The van der Waals surface area contributed by atoms with E-state index in [2.05, 4.69) is 10.1 Å². The van der Waals surface area contributed by atoms with Crippen LogP contribution >= 0.6 is 11.6 Å². The van der Waals surface area contributed by atoms with E-state index in [-0.39, 0.29) is 11.5 Å². The zero-order valence-corrected chi connectivity index (χ0v) is 9.42. The first kappa shape index (κ1) is 11.9. The van der Waals surface area contributed by atoms with Crippen molar-refractivity contribution in [1.82, 2.24) is 14.8 Å². The molecule has 0 amide bonds. The zero-order valence-electron chi connectivity index (χ0n) is 8.66. The molecule has 0 bridgehead atoms. The molecule has 0 aliphatic rings. The maximum Gasteiger partial charge on any atom is 0.451 e. The van der Waals surface area contributed by atoms with Crippen LogP contribution in [0.2, 0.25) is 5.02 Å². The van der Waals surface area contributed by atoms with E-state index in [1.807, 2.05) is 0 Å². The summed E-state index contributed by atoms with van der Waals surface area (Å²) in [5.74, 6) is -1.01. The summed E-state index contributed by atoms with van der Waals surface area (Å²) < 4.78 is 38.8. The molecule has 3 nitrogen and oxygen atoms in total. The molecule has 2 rings (SSSR count). The molecular weight excluding hydrogens is 255 g/mol. The van der Waals surface area contributed by atoms with Crippen molar-refractivity contribution in [3.05, 3.63) is 40.9 Å². The number of benzene rings is 1. The number of aromatic nitrogens is 3. The predicted molar refractivity (Wildman–Crippen MR) is 56.1 cm³/mol. The molecule has 0 spiro atoms. The molecule has 17 heavy (non-hydrogen) atoms. The smallest absolute Gasteiger partial charge is 0.209 e. The molecule has 1 heterocycles. The summed E-state index contributed by atoms with van der Waals surface area (Å²) in [5.41, 5.74) is 0.227. The van der Waals surface area contributed by atoms with Crippen molar-refractivity contribution in [1.29, 1.82) is 0 Å². The minimum atomic E-state index is -4.55. The maximum absolute atomic E-state index is 12.7. The van der Waals surface area contributed by atoms with Crippen molar-refractivity contribution in [2.45, 2.75) is 13.1 Å². The van der Waals surface area contributed by atoms with E-state index >= 15 is 0 Å². The lowest BCUT2D eigenvalue weighted by Crippen LogP contribution is -2.14. The third kappa shape index (κ3) is 2.41. The van der Waals surface area contributed by atoms with Crippen LogP contribution in [0.25, 0.3) is 5.69 Å². The Hall–Kier alpha value is -1.56. The van der Waals surface area contributed by atoms with Gasteiger partial charge in [0, 0.05) is 5.02 Å². The van der Waals surface area contributed by atoms with Crippen LogP contribution in [0, 0.1) is 6.92 Å². The third-order valence-electron chi connectivity index (χ3n) is 2.02. The first-order valence-corrected chi connectivity index (χ1v) is 5.02. The molecule has 1 aromatic heterocycles. The fraction of sp³-hybridized carbons (Fsp3) is 0.200. The molecular formula is C10H7ClF3N3. The molecule has 1 aromatic carbocycles. The zero-order chi connectivity index (χ0) is 12.6.